The number of nitrogens with zero attached hydrogens (tertiary/aromatic N) is 3. The van der Waals surface area contributed by atoms with E-state index in [2.05, 4.69) is 19.0 Å². The SMILES string of the molecule is CC(=O)N1CCN(c2ccccc2CNC(=O)c2ns[nH]c2=O)CC1. The molecule has 1 saturated heterocycles. The average Bonchev–Trinajstić information content (AvgIpc) is 3.06. The zero-order valence-electron chi connectivity index (χ0n) is 13.8. The Morgan fingerprint density at radius 1 is 1.24 bits per heavy atom. The number of H-pyrrole nitrogens is 1. The Bertz CT molecular complexity index is 823. The highest BCUT2D eigenvalue weighted by Crippen LogP contribution is 2.22. The lowest BCUT2D eigenvalue weighted by molar-refractivity contribution is -0.129. The lowest BCUT2D eigenvalue weighted by atomic mass is 10.1. The van der Waals surface area contributed by atoms with Gasteiger partial charge in [0, 0.05) is 57.1 Å². The predicted octanol–water partition coefficient (Wildman–Crippen LogP) is 0.430. The van der Waals surface area contributed by atoms with E-state index in [-0.39, 0.29) is 11.6 Å². The molecule has 0 radical (unpaired) electrons. The van der Waals surface area contributed by atoms with E-state index in [0.717, 1.165) is 36.1 Å². The molecule has 3 rings (SSSR count). The molecule has 8 nitrogen and oxygen atoms in total. The van der Waals surface area contributed by atoms with E-state index in [1.807, 2.05) is 29.2 Å². The van der Waals surface area contributed by atoms with E-state index in [9.17, 15) is 14.4 Å². The van der Waals surface area contributed by atoms with Gasteiger partial charge in [0.1, 0.15) is 0 Å². The van der Waals surface area contributed by atoms with Gasteiger partial charge in [-0.15, -0.1) is 0 Å². The van der Waals surface area contributed by atoms with Gasteiger partial charge in [0.2, 0.25) is 11.6 Å². The molecule has 1 aliphatic rings. The molecule has 2 N–H and O–H groups in total. The third kappa shape index (κ3) is 3.87. The second kappa shape index (κ2) is 7.47. The quantitative estimate of drug-likeness (QED) is 0.823. The van der Waals surface area contributed by atoms with Crippen molar-refractivity contribution in [2.75, 3.05) is 31.1 Å². The number of carbonyl (C=O) groups is 2. The predicted molar refractivity (Wildman–Crippen MR) is 94.8 cm³/mol. The van der Waals surface area contributed by atoms with Crippen LogP contribution in [0.25, 0.3) is 0 Å². The average molecular weight is 361 g/mol. The fourth-order valence-corrected chi connectivity index (χ4v) is 3.32. The third-order valence-corrected chi connectivity index (χ3v) is 4.75. The Labute approximate surface area is 148 Å². The first-order valence-electron chi connectivity index (χ1n) is 7.97. The molecular formula is C16H19N5O3S. The minimum absolute atomic E-state index is 0.0914. The standard InChI is InChI=1S/C16H19N5O3S/c1-11(22)20-6-8-21(9-7-20)13-5-3-2-4-12(13)10-17-15(23)14-16(24)19-25-18-14/h2-5H,6-10H2,1H3,(H,17,23)(H,19,24). The number of piperazine rings is 1. The van der Waals surface area contributed by atoms with Crippen molar-refractivity contribution in [2.45, 2.75) is 13.5 Å². The second-order valence-corrected chi connectivity index (χ2v) is 6.34. The number of benzene rings is 1. The fraction of sp³-hybridized carbons (Fsp3) is 0.375. The van der Waals surface area contributed by atoms with Crippen LogP contribution in [0.4, 0.5) is 5.69 Å². The zero-order chi connectivity index (χ0) is 17.8. The first kappa shape index (κ1) is 17.2. The highest BCUT2D eigenvalue weighted by Gasteiger charge is 2.21. The van der Waals surface area contributed by atoms with Crippen LogP contribution in [0, 0.1) is 0 Å². The van der Waals surface area contributed by atoms with E-state index >= 15 is 0 Å². The van der Waals surface area contributed by atoms with Crippen molar-refractivity contribution in [1.82, 2.24) is 19.0 Å². The van der Waals surface area contributed by atoms with Crippen LogP contribution in [0.5, 0.6) is 0 Å². The number of anilines is 1. The number of hydrogen-bond donors (Lipinski definition) is 2. The van der Waals surface area contributed by atoms with Gasteiger partial charge in [-0.05, 0) is 11.6 Å². The highest BCUT2D eigenvalue weighted by atomic mass is 32.1. The summed E-state index contributed by atoms with van der Waals surface area (Å²) in [6.07, 6.45) is 0. The first-order valence-corrected chi connectivity index (χ1v) is 8.74. The van der Waals surface area contributed by atoms with Gasteiger partial charge in [-0.3, -0.25) is 18.8 Å². The molecular weight excluding hydrogens is 342 g/mol. The second-order valence-electron chi connectivity index (χ2n) is 5.77. The summed E-state index contributed by atoms with van der Waals surface area (Å²) in [7, 11) is 0. The molecule has 1 fully saturated rings. The molecule has 2 amide bonds. The summed E-state index contributed by atoms with van der Waals surface area (Å²) in [4.78, 5) is 39.0. The molecule has 1 aromatic heterocycles. The van der Waals surface area contributed by atoms with Crippen LogP contribution in [0.1, 0.15) is 23.0 Å². The maximum Gasteiger partial charge on any atom is 0.291 e. The van der Waals surface area contributed by atoms with Crippen molar-refractivity contribution in [3.05, 3.63) is 45.9 Å². The van der Waals surface area contributed by atoms with Crippen molar-refractivity contribution < 1.29 is 9.59 Å². The van der Waals surface area contributed by atoms with Gasteiger partial charge in [-0.1, -0.05) is 18.2 Å². The Kier molecular flexibility index (Phi) is 5.13. The van der Waals surface area contributed by atoms with Gasteiger partial charge in [-0.2, -0.15) is 4.37 Å². The van der Waals surface area contributed by atoms with Gasteiger partial charge in [0.05, 0.1) is 0 Å². The molecule has 0 spiro atoms. The summed E-state index contributed by atoms with van der Waals surface area (Å²) in [5.41, 5.74) is 1.39. The number of rotatable bonds is 4. The highest BCUT2D eigenvalue weighted by molar-refractivity contribution is 6.99. The van der Waals surface area contributed by atoms with Crippen molar-refractivity contribution in [3.63, 3.8) is 0 Å². The van der Waals surface area contributed by atoms with Gasteiger partial charge in [-0.25, -0.2) is 0 Å². The molecule has 132 valence electrons. The van der Waals surface area contributed by atoms with E-state index in [4.69, 9.17) is 0 Å². The van der Waals surface area contributed by atoms with E-state index < -0.39 is 11.5 Å². The van der Waals surface area contributed by atoms with E-state index in [1.165, 1.54) is 0 Å². The number of amides is 2. The van der Waals surface area contributed by atoms with Crippen molar-refractivity contribution >= 4 is 29.2 Å². The number of nitrogens with one attached hydrogen (secondary N) is 2. The molecule has 9 heteroatoms. The summed E-state index contributed by atoms with van der Waals surface area (Å²) < 4.78 is 6.18. The Morgan fingerprint density at radius 3 is 2.60 bits per heavy atom. The van der Waals surface area contributed by atoms with Crippen molar-refractivity contribution in [2.24, 2.45) is 0 Å². The molecule has 2 heterocycles. The smallest absolute Gasteiger partial charge is 0.291 e. The summed E-state index contributed by atoms with van der Waals surface area (Å²) in [5.74, 6) is -0.396. The molecule has 2 aromatic rings. The lowest BCUT2D eigenvalue weighted by Crippen LogP contribution is -2.48. The number of aromatic nitrogens is 2. The molecule has 0 aliphatic carbocycles. The lowest BCUT2D eigenvalue weighted by Gasteiger charge is -2.36. The van der Waals surface area contributed by atoms with Gasteiger partial charge < -0.3 is 15.1 Å². The van der Waals surface area contributed by atoms with Crippen LogP contribution < -0.4 is 15.8 Å². The van der Waals surface area contributed by atoms with Crippen LogP contribution in [0.2, 0.25) is 0 Å². The summed E-state index contributed by atoms with van der Waals surface area (Å²) in [5, 5.41) is 2.74. The number of aromatic amines is 1. The van der Waals surface area contributed by atoms with Crippen LogP contribution >= 0.6 is 11.7 Å². The molecule has 25 heavy (non-hydrogen) atoms. The molecule has 0 atom stereocenters. The molecule has 0 bridgehead atoms. The van der Waals surface area contributed by atoms with Crippen LogP contribution in [0.3, 0.4) is 0 Å². The number of carbonyl (C=O) groups excluding carboxylic acids is 2. The van der Waals surface area contributed by atoms with Crippen molar-refractivity contribution in [3.8, 4) is 0 Å². The van der Waals surface area contributed by atoms with Crippen LogP contribution in [-0.2, 0) is 11.3 Å². The summed E-state index contributed by atoms with van der Waals surface area (Å²) in [6, 6.07) is 7.80. The fourth-order valence-electron chi connectivity index (χ4n) is 2.83. The molecule has 1 aliphatic heterocycles. The number of para-hydroxylation sites is 1. The van der Waals surface area contributed by atoms with Gasteiger partial charge >= 0.3 is 0 Å². The normalized spacial score (nSPS) is 14.4. The molecule has 0 saturated carbocycles. The minimum atomic E-state index is -0.487. The molecule has 1 aromatic carbocycles. The largest absolute Gasteiger partial charge is 0.368 e. The Balaban J connectivity index is 1.67. The van der Waals surface area contributed by atoms with E-state index in [1.54, 1.807) is 6.92 Å². The summed E-state index contributed by atoms with van der Waals surface area (Å²) >= 11 is 0.856. The van der Waals surface area contributed by atoms with Gasteiger partial charge in [0.25, 0.3) is 11.5 Å². The third-order valence-electron chi connectivity index (χ3n) is 4.20. The molecule has 0 unspecified atom stereocenters. The van der Waals surface area contributed by atoms with Gasteiger partial charge in [0.15, 0.2) is 0 Å². The van der Waals surface area contributed by atoms with Crippen LogP contribution in [0.15, 0.2) is 29.1 Å². The maximum absolute atomic E-state index is 12.1. The number of hydrogen-bond acceptors (Lipinski definition) is 6. The monoisotopic (exact) mass is 361 g/mol. The summed E-state index contributed by atoms with van der Waals surface area (Å²) in [6.45, 7) is 4.75. The van der Waals surface area contributed by atoms with E-state index in [0.29, 0.717) is 19.6 Å². The topological polar surface area (TPSA) is 98.4 Å². The first-order chi connectivity index (χ1) is 12.1. The maximum atomic E-state index is 12.1. The Hall–Kier alpha value is -2.68. The minimum Gasteiger partial charge on any atom is -0.368 e. The zero-order valence-corrected chi connectivity index (χ0v) is 14.6. The van der Waals surface area contributed by atoms with Crippen LogP contribution in [-0.4, -0.2) is 51.6 Å². The Morgan fingerprint density at radius 2 is 1.96 bits per heavy atom. The van der Waals surface area contributed by atoms with Crippen molar-refractivity contribution in [1.29, 1.82) is 0 Å².